The Morgan fingerprint density at radius 1 is 1.38 bits per heavy atom. The molecule has 1 unspecified atom stereocenters. The number of amides is 1. The van der Waals surface area contributed by atoms with Gasteiger partial charge in [0.15, 0.2) is 0 Å². The second kappa shape index (κ2) is 6.60. The molecule has 4 rings (SSSR count). The van der Waals surface area contributed by atoms with Gasteiger partial charge in [-0.2, -0.15) is 9.49 Å². The molecule has 132 valence electrons. The first-order valence-corrected chi connectivity index (χ1v) is 8.93. The number of aromatic nitrogens is 4. The van der Waals surface area contributed by atoms with Crippen molar-refractivity contribution in [1.82, 2.24) is 19.7 Å². The molecule has 8 heteroatoms. The Morgan fingerprint density at radius 2 is 2.23 bits per heavy atom. The first-order valence-electron chi connectivity index (χ1n) is 8.14. The third kappa shape index (κ3) is 3.12. The summed E-state index contributed by atoms with van der Waals surface area (Å²) in [5, 5.41) is 6.88. The van der Waals surface area contributed by atoms with Crippen LogP contribution in [0.3, 0.4) is 0 Å². The Labute approximate surface area is 157 Å². The van der Waals surface area contributed by atoms with Crippen LogP contribution in [0.25, 0.3) is 11.1 Å². The highest BCUT2D eigenvalue weighted by atomic mass is 79.9. The van der Waals surface area contributed by atoms with E-state index in [1.54, 1.807) is 24.5 Å². The first kappa shape index (κ1) is 16.8. The molecule has 0 aliphatic heterocycles. The van der Waals surface area contributed by atoms with E-state index >= 15 is 0 Å². The molecular weight excluding hydrogens is 401 g/mol. The minimum Gasteiger partial charge on any atom is -0.311 e. The van der Waals surface area contributed by atoms with Crippen molar-refractivity contribution >= 4 is 27.7 Å². The molecule has 0 radical (unpaired) electrons. The van der Waals surface area contributed by atoms with Crippen LogP contribution in [-0.4, -0.2) is 25.7 Å². The quantitative estimate of drug-likeness (QED) is 0.661. The molecular formula is C18H15BrFN5O. The van der Waals surface area contributed by atoms with Crippen LogP contribution in [0, 0.1) is 5.95 Å². The molecule has 1 amide bonds. The number of nitrogens with zero attached hydrogens (tertiary/aromatic N) is 4. The van der Waals surface area contributed by atoms with Gasteiger partial charge in [0, 0.05) is 34.9 Å². The summed E-state index contributed by atoms with van der Waals surface area (Å²) in [7, 11) is 0. The van der Waals surface area contributed by atoms with Crippen LogP contribution < -0.4 is 5.32 Å². The third-order valence-corrected chi connectivity index (χ3v) is 4.79. The normalized spacial score (nSPS) is 15.7. The molecule has 0 bridgehead atoms. The summed E-state index contributed by atoms with van der Waals surface area (Å²) in [6, 6.07) is 5.28. The second-order valence-electron chi connectivity index (χ2n) is 6.18. The fourth-order valence-electron chi connectivity index (χ4n) is 3.23. The van der Waals surface area contributed by atoms with E-state index in [-0.39, 0.29) is 17.8 Å². The predicted octanol–water partition coefficient (Wildman–Crippen LogP) is 3.74. The van der Waals surface area contributed by atoms with Crippen molar-refractivity contribution in [2.75, 3.05) is 5.32 Å². The minimum absolute atomic E-state index is 0.0431. The Bertz CT molecular complexity index is 1000. The van der Waals surface area contributed by atoms with Crippen LogP contribution in [0.4, 0.5) is 10.2 Å². The number of aryl methyl sites for hydroxylation is 1. The van der Waals surface area contributed by atoms with Gasteiger partial charge < -0.3 is 5.32 Å². The number of hydrogen-bond donors (Lipinski definition) is 1. The Balaban J connectivity index is 1.63. The van der Waals surface area contributed by atoms with Crippen molar-refractivity contribution in [3.05, 3.63) is 58.5 Å². The van der Waals surface area contributed by atoms with E-state index in [0.29, 0.717) is 11.1 Å². The number of pyridine rings is 2. The van der Waals surface area contributed by atoms with Gasteiger partial charge in [0.1, 0.15) is 5.82 Å². The van der Waals surface area contributed by atoms with Crippen LogP contribution in [0.1, 0.15) is 30.6 Å². The van der Waals surface area contributed by atoms with E-state index < -0.39 is 5.95 Å². The molecule has 1 aliphatic rings. The lowest BCUT2D eigenvalue weighted by Gasteiger charge is -2.11. The van der Waals surface area contributed by atoms with Crippen molar-refractivity contribution < 1.29 is 9.18 Å². The minimum atomic E-state index is -0.648. The van der Waals surface area contributed by atoms with Gasteiger partial charge in [0.2, 0.25) is 11.9 Å². The van der Waals surface area contributed by atoms with E-state index in [1.165, 1.54) is 12.5 Å². The highest BCUT2D eigenvalue weighted by molar-refractivity contribution is 9.10. The zero-order chi connectivity index (χ0) is 18.3. The molecule has 1 aliphatic carbocycles. The fraction of sp³-hybridized carbons (Fsp3) is 0.222. The van der Waals surface area contributed by atoms with Gasteiger partial charge in [-0.15, -0.1) is 0 Å². The second-order valence-corrected chi connectivity index (χ2v) is 7.09. The lowest BCUT2D eigenvalue weighted by molar-refractivity contribution is -0.114. The van der Waals surface area contributed by atoms with E-state index in [0.717, 1.165) is 23.0 Å². The molecule has 1 N–H and O–H groups in total. The van der Waals surface area contributed by atoms with Gasteiger partial charge in [0.05, 0.1) is 17.9 Å². The molecule has 3 heterocycles. The highest BCUT2D eigenvalue weighted by Crippen LogP contribution is 2.34. The lowest BCUT2D eigenvalue weighted by Crippen LogP contribution is -2.09. The summed E-state index contributed by atoms with van der Waals surface area (Å²) < 4.78 is 17.1. The Hall–Kier alpha value is -2.61. The van der Waals surface area contributed by atoms with Crippen LogP contribution in [0.15, 0.2) is 41.3 Å². The van der Waals surface area contributed by atoms with E-state index in [1.807, 2.05) is 10.9 Å². The van der Waals surface area contributed by atoms with Crippen molar-refractivity contribution in [1.29, 1.82) is 0 Å². The predicted molar refractivity (Wildman–Crippen MR) is 98.1 cm³/mol. The summed E-state index contributed by atoms with van der Waals surface area (Å²) in [4.78, 5) is 19.4. The summed E-state index contributed by atoms with van der Waals surface area (Å²) in [5.74, 6) is -0.758. The van der Waals surface area contributed by atoms with Crippen LogP contribution >= 0.6 is 15.9 Å². The maximum atomic E-state index is 14.3. The van der Waals surface area contributed by atoms with Crippen molar-refractivity contribution in [2.45, 2.75) is 25.8 Å². The summed E-state index contributed by atoms with van der Waals surface area (Å²) in [5.41, 5.74) is 3.18. The van der Waals surface area contributed by atoms with Gasteiger partial charge in [0.25, 0.3) is 0 Å². The number of halogens is 2. The molecule has 0 spiro atoms. The number of fused-ring (bicyclic) bond motifs is 1. The van der Waals surface area contributed by atoms with Crippen LogP contribution in [-0.2, 0) is 11.2 Å². The largest absolute Gasteiger partial charge is 0.311 e. The van der Waals surface area contributed by atoms with Gasteiger partial charge in [-0.3, -0.25) is 14.5 Å². The van der Waals surface area contributed by atoms with Gasteiger partial charge in [-0.05, 0) is 52.5 Å². The zero-order valence-corrected chi connectivity index (χ0v) is 15.5. The van der Waals surface area contributed by atoms with Gasteiger partial charge >= 0.3 is 0 Å². The molecule has 1 atom stereocenters. The molecule has 3 aromatic rings. The SMILES string of the molecule is CC(=O)Nc1ccc(-c2cnn(C3CCc4cc(Br)cnc43)c2)c(F)n1. The van der Waals surface area contributed by atoms with E-state index in [4.69, 9.17) is 0 Å². The summed E-state index contributed by atoms with van der Waals surface area (Å²) in [6.45, 7) is 1.35. The maximum Gasteiger partial charge on any atom is 0.222 e. The molecule has 0 saturated carbocycles. The monoisotopic (exact) mass is 415 g/mol. The maximum absolute atomic E-state index is 14.3. The molecule has 3 aromatic heterocycles. The smallest absolute Gasteiger partial charge is 0.222 e. The van der Waals surface area contributed by atoms with Crippen molar-refractivity contribution in [3.8, 4) is 11.1 Å². The Morgan fingerprint density at radius 3 is 3.00 bits per heavy atom. The highest BCUT2D eigenvalue weighted by Gasteiger charge is 2.26. The van der Waals surface area contributed by atoms with Crippen molar-refractivity contribution in [2.24, 2.45) is 0 Å². The molecule has 0 saturated heterocycles. The lowest BCUT2D eigenvalue weighted by atomic mass is 10.1. The number of carbonyl (C=O) groups excluding carboxylic acids is 1. The standard InChI is InChI=1S/C18H15BrFN5O/c1-10(26)23-16-5-3-14(18(20)24-16)12-7-22-25(9-12)15-4-2-11-6-13(19)8-21-17(11)15/h3,5-9,15H,2,4H2,1H3,(H,23,24,26). The molecule has 0 aromatic carbocycles. The fourth-order valence-corrected chi connectivity index (χ4v) is 3.60. The molecule has 0 fully saturated rings. The molecule has 6 nitrogen and oxygen atoms in total. The average molecular weight is 416 g/mol. The number of nitrogens with one attached hydrogen (secondary N) is 1. The van der Waals surface area contributed by atoms with E-state index in [2.05, 4.69) is 42.4 Å². The Kier molecular flexibility index (Phi) is 4.28. The number of anilines is 1. The van der Waals surface area contributed by atoms with Crippen LogP contribution in [0.5, 0.6) is 0 Å². The van der Waals surface area contributed by atoms with Gasteiger partial charge in [-0.1, -0.05) is 0 Å². The zero-order valence-electron chi connectivity index (χ0n) is 13.9. The van der Waals surface area contributed by atoms with Crippen LogP contribution in [0.2, 0.25) is 0 Å². The van der Waals surface area contributed by atoms with E-state index in [9.17, 15) is 9.18 Å². The molecule has 26 heavy (non-hydrogen) atoms. The van der Waals surface area contributed by atoms with Gasteiger partial charge in [-0.25, -0.2) is 4.98 Å². The van der Waals surface area contributed by atoms with Crippen molar-refractivity contribution in [3.63, 3.8) is 0 Å². The third-order valence-electron chi connectivity index (χ3n) is 4.36. The number of rotatable bonds is 3. The number of hydrogen-bond acceptors (Lipinski definition) is 4. The average Bonchev–Trinajstić information content (AvgIpc) is 3.20. The number of carbonyl (C=O) groups is 1. The summed E-state index contributed by atoms with van der Waals surface area (Å²) >= 11 is 3.44. The summed E-state index contributed by atoms with van der Waals surface area (Å²) in [6.07, 6.45) is 7.05. The first-order chi connectivity index (χ1) is 12.5. The topological polar surface area (TPSA) is 72.7 Å².